The first-order chi connectivity index (χ1) is 12.8. The Morgan fingerprint density at radius 3 is 2.33 bits per heavy atom. The zero-order chi connectivity index (χ0) is 19.3. The fourth-order valence-corrected chi connectivity index (χ4v) is 4.34. The van der Waals surface area contributed by atoms with Gasteiger partial charge in [0.2, 0.25) is 6.10 Å². The molecule has 2 aromatic rings. The third-order valence-electron chi connectivity index (χ3n) is 4.71. The van der Waals surface area contributed by atoms with Gasteiger partial charge in [0.1, 0.15) is 6.10 Å². The van der Waals surface area contributed by atoms with Gasteiger partial charge in [-0.15, -0.1) is 0 Å². The topological polar surface area (TPSA) is 88.2 Å². The van der Waals surface area contributed by atoms with E-state index in [1.807, 2.05) is 6.07 Å². The highest BCUT2D eigenvalue weighted by molar-refractivity contribution is 7.94. The molecule has 2 aliphatic rings. The monoisotopic (exact) mass is 389 g/mol. The Hall–Kier alpha value is -2.94. The number of fused-ring (bicyclic) bond motifs is 2. The van der Waals surface area contributed by atoms with Crippen LogP contribution in [0.1, 0.15) is 6.92 Å². The lowest BCUT2D eigenvalue weighted by atomic mass is 10.1. The fraction of sp³-hybridized carbons (Fsp3) is 0.278. The van der Waals surface area contributed by atoms with E-state index in [0.29, 0.717) is 28.6 Å². The number of ether oxygens (including phenoxy) is 2. The maximum atomic E-state index is 12.7. The van der Waals surface area contributed by atoms with Crippen LogP contribution in [0.5, 0.6) is 11.5 Å². The van der Waals surface area contributed by atoms with E-state index in [9.17, 15) is 13.2 Å². The van der Waals surface area contributed by atoms with Gasteiger partial charge in [-0.25, -0.2) is 0 Å². The molecule has 0 aromatic heterocycles. The van der Waals surface area contributed by atoms with Crippen molar-refractivity contribution in [3.63, 3.8) is 0 Å². The summed E-state index contributed by atoms with van der Waals surface area (Å²) in [7, 11) is -0.601. The van der Waals surface area contributed by atoms with Crippen molar-refractivity contribution in [2.45, 2.75) is 19.1 Å². The van der Waals surface area contributed by atoms with Gasteiger partial charge in [0.15, 0.2) is 11.5 Å². The molecule has 0 spiro atoms. The van der Waals surface area contributed by atoms with Gasteiger partial charge in [-0.3, -0.25) is 13.4 Å². The van der Waals surface area contributed by atoms with Crippen molar-refractivity contribution >= 4 is 33.2 Å². The van der Waals surface area contributed by atoms with Crippen LogP contribution in [-0.2, 0) is 15.0 Å². The molecule has 2 aliphatic heterocycles. The van der Waals surface area contributed by atoms with E-state index in [0.717, 1.165) is 0 Å². The van der Waals surface area contributed by atoms with E-state index in [4.69, 9.17) is 9.47 Å². The van der Waals surface area contributed by atoms with Crippen LogP contribution in [0.2, 0.25) is 0 Å². The first-order valence-corrected chi connectivity index (χ1v) is 9.79. The van der Waals surface area contributed by atoms with Gasteiger partial charge in [-0.1, -0.05) is 12.1 Å². The summed E-state index contributed by atoms with van der Waals surface area (Å²) in [5, 5.41) is 2.78. The molecule has 8 nitrogen and oxygen atoms in total. The SMILES string of the molecule is C[C@@H]1Oc2ccccc2O[C@@H]1C(=O)Nc1ccc2c(c1)N(C)S(=O)(=O)N2C. The Balaban J connectivity index is 1.56. The van der Waals surface area contributed by atoms with Crippen molar-refractivity contribution in [3.8, 4) is 11.5 Å². The van der Waals surface area contributed by atoms with E-state index in [1.165, 1.54) is 22.7 Å². The summed E-state index contributed by atoms with van der Waals surface area (Å²) in [5.74, 6) is 0.743. The minimum atomic E-state index is -3.56. The van der Waals surface area contributed by atoms with Gasteiger partial charge in [-0.2, -0.15) is 8.42 Å². The highest BCUT2D eigenvalue weighted by Crippen LogP contribution is 2.40. The Bertz CT molecular complexity index is 1020. The summed E-state index contributed by atoms with van der Waals surface area (Å²) in [4.78, 5) is 12.7. The first-order valence-electron chi connectivity index (χ1n) is 8.39. The van der Waals surface area contributed by atoms with Crippen molar-refractivity contribution in [3.05, 3.63) is 42.5 Å². The van der Waals surface area contributed by atoms with Crippen LogP contribution in [0.4, 0.5) is 17.1 Å². The van der Waals surface area contributed by atoms with E-state index in [-0.39, 0.29) is 5.91 Å². The number of amides is 1. The number of rotatable bonds is 2. The molecule has 1 amide bonds. The standard InChI is InChI=1S/C18H19N3O5S/c1-11-17(26-16-7-5-4-6-15(16)25-11)18(22)19-12-8-9-13-14(10-12)21(3)27(23,24)20(13)2/h4-11,17H,1-3H3,(H,19,22)/t11-,17-/m0/s1. The lowest BCUT2D eigenvalue weighted by Crippen LogP contribution is -2.46. The minimum absolute atomic E-state index is 0.367. The summed E-state index contributed by atoms with van der Waals surface area (Å²) >= 11 is 0. The van der Waals surface area contributed by atoms with Gasteiger partial charge in [0, 0.05) is 19.8 Å². The van der Waals surface area contributed by atoms with Crippen molar-refractivity contribution in [2.75, 3.05) is 28.0 Å². The molecule has 0 saturated carbocycles. The second-order valence-electron chi connectivity index (χ2n) is 6.44. The summed E-state index contributed by atoms with van der Waals surface area (Å²) in [6, 6.07) is 12.1. The highest BCUT2D eigenvalue weighted by atomic mass is 32.2. The summed E-state index contributed by atoms with van der Waals surface area (Å²) in [6.45, 7) is 1.76. The molecule has 0 unspecified atom stereocenters. The van der Waals surface area contributed by atoms with Crippen LogP contribution < -0.4 is 23.4 Å². The number of carbonyl (C=O) groups is 1. The predicted molar refractivity (Wildman–Crippen MR) is 102 cm³/mol. The largest absolute Gasteiger partial charge is 0.482 e. The average molecular weight is 389 g/mol. The van der Waals surface area contributed by atoms with E-state index >= 15 is 0 Å². The average Bonchev–Trinajstić information content (AvgIpc) is 2.81. The van der Waals surface area contributed by atoms with Crippen LogP contribution in [0.25, 0.3) is 0 Å². The molecule has 1 N–H and O–H groups in total. The molecule has 142 valence electrons. The van der Waals surface area contributed by atoms with E-state index < -0.39 is 22.4 Å². The second kappa shape index (κ2) is 6.05. The van der Waals surface area contributed by atoms with E-state index in [1.54, 1.807) is 43.3 Å². The molecule has 0 bridgehead atoms. The molecule has 0 aliphatic carbocycles. The molecule has 0 radical (unpaired) electrons. The molecule has 2 atom stereocenters. The van der Waals surface area contributed by atoms with Crippen molar-refractivity contribution < 1.29 is 22.7 Å². The number of hydrogen-bond donors (Lipinski definition) is 1. The van der Waals surface area contributed by atoms with Crippen molar-refractivity contribution in [1.82, 2.24) is 0 Å². The highest BCUT2D eigenvalue weighted by Gasteiger charge is 2.37. The van der Waals surface area contributed by atoms with Gasteiger partial charge in [0.05, 0.1) is 11.4 Å². The number of nitrogens with zero attached hydrogens (tertiary/aromatic N) is 2. The number of benzene rings is 2. The molecule has 4 rings (SSSR count). The quantitative estimate of drug-likeness (QED) is 0.849. The van der Waals surface area contributed by atoms with E-state index in [2.05, 4.69) is 5.32 Å². The van der Waals surface area contributed by atoms with Gasteiger partial charge >= 0.3 is 10.2 Å². The zero-order valence-corrected chi connectivity index (χ0v) is 15.9. The van der Waals surface area contributed by atoms with Crippen LogP contribution >= 0.6 is 0 Å². The van der Waals surface area contributed by atoms with Crippen LogP contribution in [0.3, 0.4) is 0 Å². The smallest absolute Gasteiger partial charge is 0.326 e. The van der Waals surface area contributed by atoms with Gasteiger partial charge < -0.3 is 14.8 Å². The number of anilines is 3. The Kier molecular flexibility index (Phi) is 3.92. The van der Waals surface area contributed by atoms with Crippen LogP contribution in [0, 0.1) is 0 Å². The third-order valence-corrected chi connectivity index (χ3v) is 6.49. The zero-order valence-electron chi connectivity index (χ0n) is 15.0. The van der Waals surface area contributed by atoms with Crippen LogP contribution in [0.15, 0.2) is 42.5 Å². The summed E-state index contributed by atoms with van der Waals surface area (Å²) in [6.07, 6.45) is -1.29. The molecule has 2 heterocycles. The van der Waals surface area contributed by atoms with Gasteiger partial charge in [-0.05, 0) is 37.3 Å². The molecular formula is C18H19N3O5S. The number of hydrogen-bond acceptors (Lipinski definition) is 5. The molecular weight excluding hydrogens is 370 g/mol. The number of para-hydroxylation sites is 2. The number of carbonyl (C=O) groups excluding carboxylic acids is 1. The maximum Gasteiger partial charge on any atom is 0.326 e. The third kappa shape index (κ3) is 2.74. The molecule has 0 saturated heterocycles. The summed E-state index contributed by atoms with van der Waals surface area (Å²) in [5.41, 5.74) is 1.52. The lowest BCUT2D eigenvalue weighted by molar-refractivity contribution is -0.128. The van der Waals surface area contributed by atoms with Crippen LogP contribution in [-0.4, -0.2) is 40.6 Å². The Morgan fingerprint density at radius 1 is 1.00 bits per heavy atom. The minimum Gasteiger partial charge on any atom is -0.482 e. The Labute approximate surface area is 157 Å². The first kappa shape index (κ1) is 17.5. The normalized spacial score (nSPS) is 22.3. The number of nitrogens with one attached hydrogen (secondary N) is 1. The molecule has 0 fully saturated rings. The maximum absolute atomic E-state index is 12.7. The molecule has 9 heteroatoms. The second-order valence-corrected chi connectivity index (χ2v) is 8.43. The van der Waals surface area contributed by atoms with Gasteiger partial charge in [0.25, 0.3) is 5.91 Å². The Morgan fingerprint density at radius 2 is 1.63 bits per heavy atom. The predicted octanol–water partition coefficient (Wildman–Crippen LogP) is 1.98. The van der Waals surface area contributed by atoms with Crippen molar-refractivity contribution in [1.29, 1.82) is 0 Å². The fourth-order valence-electron chi connectivity index (χ4n) is 3.17. The van der Waals surface area contributed by atoms with Crippen molar-refractivity contribution in [2.24, 2.45) is 0 Å². The molecule has 2 aromatic carbocycles. The molecule has 27 heavy (non-hydrogen) atoms. The lowest BCUT2D eigenvalue weighted by Gasteiger charge is -2.31. The summed E-state index contributed by atoms with van der Waals surface area (Å²) < 4.78 is 38.4.